The van der Waals surface area contributed by atoms with Crippen LogP contribution >= 0.6 is 21.6 Å². The first-order valence-corrected chi connectivity index (χ1v) is 24.5. The summed E-state index contributed by atoms with van der Waals surface area (Å²) in [5.74, 6) is 5.56. The number of rotatable bonds is 24. The van der Waals surface area contributed by atoms with Crippen LogP contribution in [0, 0.1) is 17.8 Å². The molecule has 0 radical (unpaired) electrons. The molecule has 2 heterocycles. The first-order valence-electron chi connectivity index (χ1n) is 22.0. The van der Waals surface area contributed by atoms with E-state index >= 15 is 0 Å². The zero-order valence-corrected chi connectivity index (χ0v) is 40.8. The van der Waals surface area contributed by atoms with Gasteiger partial charge in [-0.3, -0.25) is 15.0 Å². The number of carbonyl (C=O) groups is 2. The van der Waals surface area contributed by atoms with Gasteiger partial charge in [-0.15, -0.1) is 0 Å². The van der Waals surface area contributed by atoms with Crippen LogP contribution in [-0.4, -0.2) is 114 Å². The molecule has 0 aliphatic carbocycles. The predicted octanol–water partition coefficient (Wildman–Crippen LogP) is 10.9. The average Bonchev–Trinajstić information content (AvgIpc) is 3.68. The topological polar surface area (TPSA) is 98.8 Å². The summed E-state index contributed by atoms with van der Waals surface area (Å²) in [6.07, 6.45) is 16.0. The summed E-state index contributed by atoms with van der Waals surface area (Å²) in [5.41, 5.74) is 2.95. The number of hydrogen-bond donors (Lipinski definition) is 1. The quantitative estimate of drug-likeness (QED) is 0.0615. The molecule has 12 heteroatoms. The van der Waals surface area contributed by atoms with Crippen molar-refractivity contribution in [2.45, 2.75) is 139 Å². The molecule has 4 atom stereocenters. The molecule has 0 saturated carbocycles. The van der Waals surface area contributed by atoms with E-state index in [1.54, 1.807) is 47.6 Å². The van der Waals surface area contributed by atoms with Crippen LogP contribution in [0.25, 0.3) is 0 Å². The zero-order chi connectivity index (χ0) is 44.0. The van der Waals surface area contributed by atoms with Gasteiger partial charge in [-0.05, 0) is 73.7 Å². The largest absolute Gasteiger partial charge is 0.493 e. The molecule has 3 amide bonds. The van der Waals surface area contributed by atoms with E-state index in [0.29, 0.717) is 19.6 Å². The molecule has 2 aliphatic rings. The van der Waals surface area contributed by atoms with E-state index in [9.17, 15) is 9.59 Å². The van der Waals surface area contributed by atoms with Gasteiger partial charge in [-0.25, -0.2) is 4.79 Å². The summed E-state index contributed by atoms with van der Waals surface area (Å²) in [5, 5.41) is 1.99. The SMILES string of the molecule is C/C=C\N(C)C(=O)NC=O.CC.CC.COC.COC1COCC1OCCSSCCOc1ccc2c(c1)CCN(CCCC(C)CCCC(C)CCCC(C)C)C2. The molecular formula is C46H87N3O7S2. The Bertz CT molecular complexity index is 1130. The highest BCUT2D eigenvalue weighted by molar-refractivity contribution is 8.76. The monoisotopic (exact) mass is 858 g/mol. The molecule has 1 fully saturated rings. The molecule has 0 aromatic heterocycles. The van der Waals surface area contributed by atoms with Gasteiger partial charge in [0.15, 0.2) is 0 Å². The van der Waals surface area contributed by atoms with Crippen molar-refractivity contribution in [1.82, 2.24) is 15.1 Å². The molecule has 3 rings (SSSR count). The van der Waals surface area contributed by atoms with Gasteiger partial charge in [0.05, 0.1) is 26.4 Å². The number of allylic oxidation sites excluding steroid dienone is 1. The number of benzene rings is 1. The van der Waals surface area contributed by atoms with Gasteiger partial charge >= 0.3 is 6.03 Å². The Labute approximate surface area is 364 Å². The molecular weight excluding hydrogens is 771 g/mol. The fourth-order valence-corrected chi connectivity index (χ4v) is 8.06. The van der Waals surface area contributed by atoms with Crippen molar-refractivity contribution >= 4 is 34.0 Å². The van der Waals surface area contributed by atoms with Crippen molar-refractivity contribution in [2.24, 2.45) is 17.8 Å². The van der Waals surface area contributed by atoms with Gasteiger partial charge < -0.3 is 28.6 Å². The molecule has 10 nitrogen and oxygen atoms in total. The van der Waals surface area contributed by atoms with E-state index in [2.05, 4.69) is 55.5 Å². The van der Waals surface area contributed by atoms with Crippen LogP contribution in [0.4, 0.5) is 4.79 Å². The second-order valence-electron chi connectivity index (χ2n) is 14.8. The highest BCUT2D eigenvalue weighted by Crippen LogP contribution is 2.27. The standard InChI is InChI=1S/C34H59NO4S2.C6H10N2O2.C2H6O.2C2H6/c1-27(2)9-6-10-28(3)11-7-12-29(4)13-8-17-35-18-16-30-23-32(15-14-31(30)24-35)38-19-21-40-41-22-20-39-34-26-37-25-33(34)36-5;1-3-4-8(2)6(10)7-5-9;1-3-2;2*1-2/h14-15,23,27-29,33-34H,6-13,16-22,24-26H2,1-5H3;3-5H,1-2H3,(H,7,9,10);1-2H3;2*1-2H3/b;4-3-;;;. The Kier molecular flexibility index (Phi) is 40.8. The first kappa shape index (κ1) is 58.3. The molecule has 1 N–H and O–H groups in total. The van der Waals surface area contributed by atoms with Gasteiger partial charge in [0, 0.05) is 59.2 Å². The normalized spacial score (nSPS) is 16.9. The Morgan fingerprint density at radius 3 is 2.07 bits per heavy atom. The molecule has 1 aromatic rings. The van der Waals surface area contributed by atoms with Crippen molar-refractivity contribution in [2.75, 3.05) is 79.4 Å². The number of nitrogens with zero attached hydrogens (tertiary/aromatic N) is 2. The van der Waals surface area contributed by atoms with Crippen LogP contribution in [0.3, 0.4) is 0 Å². The maximum atomic E-state index is 10.7. The summed E-state index contributed by atoms with van der Waals surface area (Å²) >= 11 is 0. The van der Waals surface area contributed by atoms with E-state index in [4.69, 9.17) is 18.9 Å². The van der Waals surface area contributed by atoms with Crippen LogP contribution < -0.4 is 10.1 Å². The minimum atomic E-state index is -0.437. The minimum absolute atomic E-state index is 0.0756. The Balaban J connectivity index is 0. The Hall–Kier alpha value is -1.80. The Morgan fingerprint density at radius 1 is 0.897 bits per heavy atom. The molecule has 1 saturated heterocycles. The van der Waals surface area contributed by atoms with Gasteiger partial charge in [-0.2, -0.15) is 0 Å². The lowest BCUT2D eigenvalue weighted by atomic mass is 9.92. The molecule has 1 aromatic carbocycles. The maximum Gasteiger partial charge on any atom is 0.327 e. The lowest BCUT2D eigenvalue weighted by Crippen LogP contribution is -2.32. The number of fused-ring (bicyclic) bond motifs is 1. The smallest absolute Gasteiger partial charge is 0.327 e. The summed E-state index contributed by atoms with van der Waals surface area (Å²) in [6, 6.07) is 6.30. The second-order valence-corrected chi connectivity index (χ2v) is 17.5. The highest BCUT2D eigenvalue weighted by Gasteiger charge is 2.28. The number of methoxy groups -OCH3 is 2. The molecule has 0 bridgehead atoms. The lowest BCUT2D eigenvalue weighted by molar-refractivity contribution is -0.108. The van der Waals surface area contributed by atoms with Gasteiger partial charge in [0.1, 0.15) is 18.0 Å². The molecule has 58 heavy (non-hydrogen) atoms. The third kappa shape index (κ3) is 30.3. The number of imide groups is 1. The fourth-order valence-electron chi connectivity index (χ4n) is 6.39. The lowest BCUT2D eigenvalue weighted by Gasteiger charge is -2.29. The Morgan fingerprint density at radius 2 is 1.48 bits per heavy atom. The summed E-state index contributed by atoms with van der Waals surface area (Å²) in [6.45, 7) is 25.6. The number of ether oxygens (including phenoxy) is 5. The third-order valence-electron chi connectivity index (χ3n) is 9.49. The second kappa shape index (κ2) is 40.6. The van der Waals surface area contributed by atoms with E-state index < -0.39 is 6.03 Å². The summed E-state index contributed by atoms with van der Waals surface area (Å²) in [4.78, 5) is 24.3. The predicted molar refractivity (Wildman–Crippen MR) is 250 cm³/mol. The maximum absolute atomic E-state index is 10.7. The van der Waals surface area contributed by atoms with Crippen LogP contribution in [0.1, 0.15) is 125 Å². The average molecular weight is 858 g/mol. The van der Waals surface area contributed by atoms with Crippen LogP contribution in [0.15, 0.2) is 30.5 Å². The van der Waals surface area contributed by atoms with Crippen molar-refractivity contribution in [3.63, 3.8) is 0 Å². The van der Waals surface area contributed by atoms with E-state index in [1.807, 2.05) is 54.6 Å². The molecule has 340 valence electrons. The van der Waals surface area contributed by atoms with Gasteiger partial charge in [-0.1, -0.05) is 128 Å². The van der Waals surface area contributed by atoms with Gasteiger partial charge in [0.2, 0.25) is 6.41 Å². The number of urea groups is 1. The number of nitrogens with one attached hydrogen (secondary N) is 1. The summed E-state index contributed by atoms with van der Waals surface area (Å²) < 4.78 is 27.0. The molecule has 4 unspecified atom stereocenters. The third-order valence-corrected chi connectivity index (χ3v) is 11.8. The number of carbonyl (C=O) groups excluding carboxylic acids is 2. The van der Waals surface area contributed by atoms with Crippen molar-refractivity contribution < 1.29 is 33.3 Å². The van der Waals surface area contributed by atoms with Crippen molar-refractivity contribution in [3.8, 4) is 5.75 Å². The first-order chi connectivity index (χ1) is 28.1. The van der Waals surface area contributed by atoms with Crippen molar-refractivity contribution in [1.29, 1.82) is 0 Å². The zero-order valence-electron chi connectivity index (χ0n) is 39.1. The van der Waals surface area contributed by atoms with Crippen LogP contribution in [-0.2, 0) is 36.7 Å². The van der Waals surface area contributed by atoms with E-state index in [-0.39, 0.29) is 12.2 Å². The van der Waals surface area contributed by atoms with E-state index in [0.717, 1.165) is 61.2 Å². The minimum Gasteiger partial charge on any atom is -0.493 e. The van der Waals surface area contributed by atoms with Gasteiger partial charge in [0.25, 0.3) is 0 Å². The van der Waals surface area contributed by atoms with Crippen molar-refractivity contribution in [3.05, 3.63) is 41.6 Å². The summed E-state index contributed by atoms with van der Waals surface area (Å²) in [7, 11) is 10.2. The fraction of sp³-hybridized carbons (Fsp3) is 0.783. The number of hydrogen-bond acceptors (Lipinski definition) is 10. The molecule has 0 spiro atoms. The van der Waals surface area contributed by atoms with Crippen LogP contribution in [0.5, 0.6) is 5.75 Å². The van der Waals surface area contributed by atoms with Crippen LogP contribution in [0.2, 0.25) is 0 Å². The highest BCUT2D eigenvalue weighted by atomic mass is 33.1. The molecule has 2 aliphatic heterocycles. The van der Waals surface area contributed by atoms with E-state index in [1.165, 1.54) is 80.5 Å². The number of amides is 3.